The number of carbonyl (C=O) groups is 1. The Balaban J connectivity index is 1.42. The molecular formula is C30H25N3OS. The van der Waals surface area contributed by atoms with Crippen LogP contribution in [0.25, 0.3) is 33.4 Å². The molecule has 4 aromatic carbocycles. The standard InChI is InChI=1S/C30H25N3OS/c1-2-21-16-11-18-25-28(21)32-29(23-14-7-4-8-15-23)33-30(25)35-20-27(34)31-26-19-10-9-17-24(26)22-12-5-3-6-13-22/h3-19H,2,20H2,1H3,(H,31,34). The predicted octanol–water partition coefficient (Wildman–Crippen LogP) is 7.26. The molecule has 1 aromatic heterocycles. The minimum absolute atomic E-state index is 0.0712. The van der Waals surface area contributed by atoms with Gasteiger partial charge in [0, 0.05) is 22.2 Å². The van der Waals surface area contributed by atoms with E-state index in [0.717, 1.165) is 44.7 Å². The summed E-state index contributed by atoms with van der Waals surface area (Å²) < 4.78 is 0. The maximum Gasteiger partial charge on any atom is 0.234 e. The van der Waals surface area contributed by atoms with Gasteiger partial charge in [-0.25, -0.2) is 9.97 Å². The minimum atomic E-state index is -0.0712. The van der Waals surface area contributed by atoms with Crippen LogP contribution in [0.5, 0.6) is 0 Å². The highest BCUT2D eigenvalue weighted by atomic mass is 32.2. The number of aryl methyl sites for hydroxylation is 1. The summed E-state index contributed by atoms with van der Waals surface area (Å²) in [4.78, 5) is 22.8. The molecule has 0 spiro atoms. The number of para-hydroxylation sites is 2. The molecule has 5 heteroatoms. The van der Waals surface area contributed by atoms with E-state index in [2.05, 4.69) is 18.3 Å². The Kier molecular flexibility index (Phi) is 6.87. The van der Waals surface area contributed by atoms with E-state index >= 15 is 0 Å². The SMILES string of the molecule is CCc1cccc2c(SCC(=O)Nc3ccccc3-c3ccccc3)nc(-c3ccccc3)nc12. The molecule has 0 aliphatic rings. The Morgan fingerprint density at radius 2 is 1.46 bits per heavy atom. The van der Waals surface area contributed by atoms with Gasteiger partial charge in [0.05, 0.1) is 11.3 Å². The molecule has 0 fully saturated rings. The third-order valence-electron chi connectivity index (χ3n) is 5.81. The molecular weight excluding hydrogens is 450 g/mol. The fourth-order valence-electron chi connectivity index (χ4n) is 4.08. The maximum atomic E-state index is 13.0. The lowest BCUT2D eigenvalue weighted by atomic mass is 10.0. The van der Waals surface area contributed by atoms with Crippen molar-refractivity contribution >= 4 is 34.3 Å². The zero-order chi connectivity index (χ0) is 24.0. The Hall–Kier alpha value is -3.96. The van der Waals surface area contributed by atoms with Crippen LogP contribution >= 0.6 is 11.8 Å². The van der Waals surface area contributed by atoms with E-state index in [4.69, 9.17) is 9.97 Å². The van der Waals surface area contributed by atoms with Gasteiger partial charge in [-0.1, -0.05) is 116 Å². The summed E-state index contributed by atoms with van der Waals surface area (Å²) in [6.07, 6.45) is 0.878. The number of amides is 1. The van der Waals surface area contributed by atoms with Crippen LogP contribution in [0.3, 0.4) is 0 Å². The Morgan fingerprint density at radius 1 is 0.771 bits per heavy atom. The summed E-state index contributed by atoms with van der Waals surface area (Å²) in [5, 5.41) is 4.89. The summed E-state index contributed by atoms with van der Waals surface area (Å²) in [5.41, 5.74) is 5.94. The average Bonchev–Trinajstić information content (AvgIpc) is 2.92. The monoisotopic (exact) mass is 475 g/mol. The lowest BCUT2D eigenvalue weighted by molar-refractivity contribution is -0.113. The number of fused-ring (bicyclic) bond motifs is 1. The Morgan fingerprint density at radius 3 is 2.20 bits per heavy atom. The second-order valence-electron chi connectivity index (χ2n) is 8.13. The lowest BCUT2D eigenvalue weighted by Crippen LogP contribution is -2.15. The number of aromatic nitrogens is 2. The number of anilines is 1. The molecule has 0 aliphatic heterocycles. The molecule has 0 bridgehead atoms. The van der Waals surface area contributed by atoms with Gasteiger partial charge in [0.2, 0.25) is 5.91 Å². The van der Waals surface area contributed by atoms with Crippen LogP contribution in [0.1, 0.15) is 12.5 Å². The Bertz CT molecular complexity index is 1470. The highest BCUT2D eigenvalue weighted by molar-refractivity contribution is 8.00. The molecule has 1 N–H and O–H groups in total. The largest absolute Gasteiger partial charge is 0.325 e. The third kappa shape index (κ3) is 5.10. The molecule has 1 amide bonds. The van der Waals surface area contributed by atoms with Crippen LogP contribution in [0, 0.1) is 0 Å². The maximum absolute atomic E-state index is 13.0. The molecule has 0 saturated heterocycles. The van der Waals surface area contributed by atoms with Gasteiger partial charge in [-0.05, 0) is 23.6 Å². The summed E-state index contributed by atoms with van der Waals surface area (Å²) in [6, 6.07) is 34.1. The molecule has 1 heterocycles. The zero-order valence-corrected chi connectivity index (χ0v) is 20.3. The van der Waals surface area contributed by atoms with Gasteiger partial charge in [-0.15, -0.1) is 0 Å². The second kappa shape index (κ2) is 10.5. The first-order chi connectivity index (χ1) is 17.2. The van der Waals surface area contributed by atoms with E-state index in [1.165, 1.54) is 17.3 Å². The molecule has 5 rings (SSSR count). The van der Waals surface area contributed by atoms with Crippen molar-refractivity contribution in [3.63, 3.8) is 0 Å². The van der Waals surface area contributed by atoms with Crippen molar-refractivity contribution in [3.05, 3.63) is 109 Å². The molecule has 0 aliphatic carbocycles. The number of hydrogen-bond donors (Lipinski definition) is 1. The number of thioether (sulfide) groups is 1. The van der Waals surface area contributed by atoms with Crippen molar-refractivity contribution in [2.45, 2.75) is 18.4 Å². The van der Waals surface area contributed by atoms with E-state index in [1.807, 2.05) is 97.1 Å². The second-order valence-corrected chi connectivity index (χ2v) is 9.10. The van der Waals surface area contributed by atoms with E-state index in [1.54, 1.807) is 0 Å². The van der Waals surface area contributed by atoms with Crippen LogP contribution in [-0.2, 0) is 11.2 Å². The van der Waals surface area contributed by atoms with Crippen LogP contribution in [0.2, 0.25) is 0 Å². The normalized spacial score (nSPS) is 10.9. The van der Waals surface area contributed by atoms with Gasteiger partial charge in [-0.3, -0.25) is 4.79 Å². The van der Waals surface area contributed by atoms with E-state index in [-0.39, 0.29) is 11.7 Å². The number of nitrogens with zero attached hydrogens (tertiary/aromatic N) is 2. The minimum Gasteiger partial charge on any atom is -0.325 e. The van der Waals surface area contributed by atoms with E-state index in [0.29, 0.717) is 5.82 Å². The fourth-order valence-corrected chi connectivity index (χ4v) is 4.89. The molecule has 5 aromatic rings. The van der Waals surface area contributed by atoms with Crippen molar-refractivity contribution < 1.29 is 4.79 Å². The van der Waals surface area contributed by atoms with Gasteiger partial charge in [0.15, 0.2) is 5.82 Å². The molecule has 35 heavy (non-hydrogen) atoms. The lowest BCUT2D eigenvalue weighted by Gasteiger charge is -2.13. The van der Waals surface area contributed by atoms with Crippen LogP contribution in [0.15, 0.2) is 108 Å². The van der Waals surface area contributed by atoms with Crippen molar-refractivity contribution in [3.8, 4) is 22.5 Å². The third-order valence-corrected chi connectivity index (χ3v) is 6.81. The summed E-state index contributed by atoms with van der Waals surface area (Å²) in [5.74, 6) is 0.856. The number of nitrogens with one attached hydrogen (secondary N) is 1. The van der Waals surface area contributed by atoms with E-state index in [9.17, 15) is 4.79 Å². The van der Waals surface area contributed by atoms with Crippen molar-refractivity contribution in [1.82, 2.24) is 9.97 Å². The van der Waals surface area contributed by atoms with Crippen molar-refractivity contribution in [2.75, 3.05) is 11.1 Å². The number of rotatable bonds is 7. The Labute approximate surface area is 209 Å². The topological polar surface area (TPSA) is 54.9 Å². The molecule has 0 radical (unpaired) electrons. The first-order valence-corrected chi connectivity index (χ1v) is 12.6. The van der Waals surface area contributed by atoms with Crippen molar-refractivity contribution in [2.24, 2.45) is 0 Å². The molecule has 0 saturated carbocycles. The van der Waals surface area contributed by atoms with Gasteiger partial charge >= 0.3 is 0 Å². The van der Waals surface area contributed by atoms with Crippen LogP contribution < -0.4 is 5.32 Å². The van der Waals surface area contributed by atoms with Crippen LogP contribution in [0.4, 0.5) is 5.69 Å². The number of carbonyl (C=O) groups excluding carboxylic acids is 1. The van der Waals surface area contributed by atoms with Gasteiger partial charge in [-0.2, -0.15) is 0 Å². The van der Waals surface area contributed by atoms with Gasteiger partial charge in [0.1, 0.15) is 5.03 Å². The number of hydrogen-bond acceptors (Lipinski definition) is 4. The average molecular weight is 476 g/mol. The molecule has 172 valence electrons. The molecule has 4 nitrogen and oxygen atoms in total. The smallest absolute Gasteiger partial charge is 0.234 e. The first kappa shape index (κ1) is 22.8. The summed E-state index contributed by atoms with van der Waals surface area (Å²) in [7, 11) is 0. The van der Waals surface area contributed by atoms with Crippen LogP contribution in [-0.4, -0.2) is 21.6 Å². The summed E-state index contributed by atoms with van der Waals surface area (Å²) in [6.45, 7) is 2.13. The summed E-state index contributed by atoms with van der Waals surface area (Å²) >= 11 is 1.44. The van der Waals surface area contributed by atoms with E-state index < -0.39 is 0 Å². The molecule has 0 atom stereocenters. The van der Waals surface area contributed by atoms with Crippen molar-refractivity contribution in [1.29, 1.82) is 0 Å². The highest BCUT2D eigenvalue weighted by Gasteiger charge is 2.15. The fraction of sp³-hybridized carbons (Fsp3) is 0.100. The quantitative estimate of drug-likeness (QED) is 0.199. The predicted molar refractivity (Wildman–Crippen MR) is 146 cm³/mol. The van der Waals surface area contributed by atoms with Gasteiger partial charge < -0.3 is 5.32 Å². The number of benzene rings is 4. The highest BCUT2D eigenvalue weighted by Crippen LogP contribution is 2.31. The zero-order valence-electron chi connectivity index (χ0n) is 19.4. The van der Waals surface area contributed by atoms with Gasteiger partial charge in [0.25, 0.3) is 0 Å². The molecule has 0 unspecified atom stereocenters. The first-order valence-electron chi connectivity index (χ1n) is 11.6.